The number of halogens is 1. The summed E-state index contributed by atoms with van der Waals surface area (Å²) in [5.41, 5.74) is 13.7. The second-order valence-corrected chi connectivity index (χ2v) is 3.61. The van der Waals surface area contributed by atoms with Crippen molar-refractivity contribution in [3.8, 4) is 0 Å². The predicted octanol–water partition coefficient (Wildman–Crippen LogP) is 1.91. The highest BCUT2D eigenvalue weighted by Gasteiger charge is 2.05. The first-order valence-corrected chi connectivity index (χ1v) is 5.53. The van der Waals surface area contributed by atoms with E-state index in [1.165, 1.54) is 5.69 Å². The summed E-state index contributed by atoms with van der Waals surface area (Å²) in [4.78, 5) is 2.30. The van der Waals surface area contributed by atoms with Crippen LogP contribution in [0.5, 0.6) is 0 Å². The minimum absolute atomic E-state index is 0. The molecule has 1 atom stereocenters. The Hall–Kier alpha value is -0.770. The molecule has 4 heteroatoms. The van der Waals surface area contributed by atoms with Gasteiger partial charge in [0.05, 0.1) is 0 Å². The summed E-state index contributed by atoms with van der Waals surface area (Å²) in [5.74, 6) is 0. The number of hydrogen-bond donors (Lipinski definition) is 2. The van der Waals surface area contributed by atoms with Crippen LogP contribution in [0.1, 0.15) is 25.5 Å². The summed E-state index contributed by atoms with van der Waals surface area (Å²) in [6, 6.07) is 8.29. The number of anilines is 1. The van der Waals surface area contributed by atoms with Gasteiger partial charge in [-0.25, -0.2) is 0 Å². The van der Waals surface area contributed by atoms with E-state index in [0.717, 1.165) is 18.7 Å². The topological polar surface area (TPSA) is 55.3 Å². The van der Waals surface area contributed by atoms with Gasteiger partial charge in [-0.3, -0.25) is 0 Å². The molecule has 4 N–H and O–H groups in total. The monoisotopic (exact) mass is 243 g/mol. The molecule has 0 aliphatic carbocycles. The van der Waals surface area contributed by atoms with Crippen LogP contribution >= 0.6 is 12.4 Å². The molecule has 0 unspecified atom stereocenters. The fourth-order valence-corrected chi connectivity index (χ4v) is 1.66. The van der Waals surface area contributed by atoms with Crippen molar-refractivity contribution >= 4 is 18.1 Å². The molecule has 0 saturated carbocycles. The molecule has 0 radical (unpaired) electrons. The van der Waals surface area contributed by atoms with Crippen molar-refractivity contribution in [3.63, 3.8) is 0 Å². The average Bonchev–Trinajstić information content (AvgIpc) is 2.30. The third-order valence-electron chi connectivity index (χ3n) is 2.70. The van der Waals surface area contributed by atoms with Crippen LogP contribution in [-0.2, 0) is 0 Å². The van der Waals surface area contributed by atoms with Crippen LogP contribution in [0.2, 0.25) is 0 Å². The Kier molecular flexibility index (Phi) is 7.13. The van der Waals surface area contributed by atoms with Gasteiger partial charge < -0.3 is 16.4 Å². The van der Waals surface area contributed by atoms with Gasteiger partial charge >= 0.3 is 0 Å². The minimum Gasteiger partial charge on any atom is -0.372 e. The molecule has 0 fully saturated rings. The summed E-state index contributed by atoms with van der Waals surface area (Å²) in [6.07, 6.45) is 0. The minimum atomic E-state index is -0.0456. The lowest BCUT2D eigenvalue weighted by Crippen LogP contribution is -2.23. The molecule has 1 rings (SSSR count). The van der Waals surface area contributed by atoms with E-state index in [4.69, 9.17) is 11.5 Å². The Morgan fingerprint density at radius 1 is 1.12 bits per heavy atom. The molecule has 0 aliphatic rings. The fraction of sp³-hybridized carbons (Fsp3) is 0.500. The molecular weight excluding hydrogens is 222 g/mol. The van der Waals surface area contributed by atoms with Crippen LogP contribution < -0.4 is 16.4 Å². The molecule has 0 amide bonds. The maximum Gasteiger partial charge on any atom is 0.0419 e. The first-order valence-electron chi connectivity index (χ1n) is 5.53. The molecular formula is C12H22ClN3. The lowest BCUT2D eigenvalue weighted by atomic mass is 10.1. The van der Waals surface area contributed by atoms with Crippen molar-refractivity contribution in [2.75, 3.05) is 24.5 Å². The zero-order chi connectivity index (χ0) is 11.3. The number of benzene rings is 1. The molecule has 0 spiro atoms. The zero-order valence-corrected chi connectivity index (χ0v) is 10.8. The normalized spacial score (nSPS) is 11.8. The van der Waals surface area contributed by atoms with E-state index in [0.29, 0.717) is 6.54 Å². The Balaban J connectivity index is 0.00000225. The first kappa shape index (κ1) is 15.2. The molecule has 92 valence electrons. The van der Waals surface area contributed by atoms with E-state index >= 15 is 0 Å². The lowest BCUT2D eigenvalue weighted by Gasteiger charge is -2.21. The van der Waals surface area contributed by atoms with Gasteiger partial charge in [0.1, 0.15) is 0 Å². The highest BCUT2D eigenvalue weighted by molar-refractivity contribution is 5.85. The van der Waals surface area contributed by atoms with Crippen LogP contribution in [-0.4, -0.2) is 19.6 Å². The summed E-state index contributed by atoms with van der Waals surface area (Å²) >= 11 is 0. The van der Waals surface area contributed by atoms with Crippen LogP contribution in [0.15, 0.2) is 24.3 Å². The largest absolute Gasteiger partial charge is 0.372 e. The molecule has 16 heavy (non-hydrogen) atoms. The van der Waals surface area contributed by atoms with Gasteiger partial charge in [-0.15, -0.1) is 12.4 Å². The van der Waals surface area contributed by atoms with Gasteiger partial charge in [-0.05, 0) is 31.5 Å². The third-order valence-corrected chi connectivity index (χ3v) is 2.70. The first-order chi connectivity index (χ1) is 7.22. The van der Waals surface area contributed by atoms with Crippen LogP contribution in [0.25, 0.3) is 0 Å². The third kappa shape index (κ3) is 3.67. The van der Waals surface area contributed by atoms with Crippen LogP contribution in [0.4, 0.5) is 5.69 Å². The van der Waals surface area contributed by atoms with Crippen LogP contribution in [0.3, 0.4) is 0 Å². The SMILES string of the molecule is CCN(CC)c1ccc([C@H](N)CN)cc1.Cl. The van der Waals surface area contributed by atoms with Gasteiger partial charge in [-0.1, -0.05) is 12.1 Å². The summed E-state index contributed by atoms with van der Waals surface area (Å²) in [5, 5.41) is 0. The summed E-state index contributed by atoms with van der Waals surface area (Å²) < 4.78 is 0. The van der Waals surface area contributed by atoms with E-state index in [2.05, 4.69) is 43.0 Å². The van der Waals surface area contributed by atoms with E-state index in [1.54, 1.807) is 0 Å². The molecule has 3 nitrogen and oxygen atoms in total. The molecule has 0 bridgehead atoms. The number of hydrogen-bond acceptors (Lipinski definition) is 3. The second-order valence-electron chi connectivity index (χ2n) is 3.61. The van der Waals surface area contributed by atoms with Gasteiger partial charge in [0.2, 0.25) is 0 Å². The van der Waals surface area contributed by atoms with Crippen molar-refractivity contribution < 1.29 is 0 Å². The standard InChI is InChI=1S/C12H21N3.ClH/c1-3-15(4-2)11-7-5-10(6-8-11)12(14)9-13;/h5-8,12H,3-4,9,13-14H2,1-2H3;1H/t12-;/m1./s1. The van der Waals surface area contributed by atoms with Crippen LogP contribution in [0, 0.1) is 0 Å². The molecule has 0 aromatic heterocycles. The van der Waals surface area contributed by atoms with Crippen molar-refractivity contribution in [2.45, 2.75) is 19.9 Å². The van der Waals surface area contributed by atoms with E-state index in [1.807, 2.05) is 0 Å². The van der Waals surface area contributed by atoms with Gasteiger partial charge in [-0.2, -0.15) is 0 Å². The van der Waals surface area contributed by atoms with E-state index in [9.17, 15) is 0 Å². The van der Waals surface area contributed by atoms with Crippen molar-refractivity contribution in [3.05, 3.63) is 29.8 Å². The van der Waals surface area contributed by atoms with Crippen molar-refractivity contribution in [1.82, 2.24) is 0 Å². The fourth-order valence-electron chi connectivity index (χ4n) is 1.66. The zero-order valence-electron chi connectivity index (χ0n) is 10.0. The molecule has 1 aromatic rings. The molecule has 0 saturated heterocycles. The second kappa shape index (κ2) is 7.49. The lowest BCUT2D eigenvalue weighted by molar-refractivity contribution is 0.736. The maximum absolute atomic E-state index is 5.85. The Morgan fingerprint density at radius 2 is 1.62 bits per heavy atom. The van der Waals surface area contributed by atoms with Gasteiger partial charge in [0, 0.05) is 31.4 Å². The summed E-state index contributed by atoms with van der Waals surface area (Å²) in [6.45, 7) is 6.86. The highest BCUT2D eigenvalue weighted by Crippen LogP contribution is 2.17. The maximum atomic E-state index is 5.85. The van der Waals surface area contributed by atoms with Crippen molar-refractivity contribution in [2.24, 2.45) is 11.5 Å². The smallest absolute Gasteiger partial charge is 0.0419 e. The van der Waals surface area contributed by atoms with Crippen molar-refractivity contribution in [1.29, 1.82) is 0 Å². The number of rotatable bonds is 5. The molecule has 1 aromatic carbocycles. The number of nitrogens with two attached hydrogens (primary N) is 2. The van der Waals surface area contributed by atoms with E-state index < -0.39 is 0 Å². The Morgan fingerprint density at radius 3 is 2.00 bits per heavy atom. The predicted molar refractivity (Wildman–Crippen MR) is 73.2 cm³/mol. The summed E-state index contributed by atoms with van der Waals surface area (Å²) in [7, 11) is 0. The highest BCUT2D eigenvalue weighted by atomic mass is 35.5. The Bertz CT molecular complexity index is 283. The van der Waals surface area contributed by atoms with Gasteiger partial charge in [0.15, 0.2) is 0 Å². The Labute approximate surface area is 104 Å². The quantitative estimate of drug-likeness (QED) is 0.831. The molecule has 0 aliphatic heterocycles. The van der Waals surface area contributed by atoms with Gasteiger partial charge in [0.25, 0.3) is 0 Å². The molecule has 0 heterocycles. The average molecular weight is 244 g/mol. The number of nitrogens with zero attached hydrogens (tertiary/aromatic N) is 1. The van der Waals surface area contributed by atoms with E-state index in [-0.39, 0.29) is 18.4 Å².